The van der Waals surface area contributed by atoms with Gasteiger partial charge in [-0.25, -0.2) is 0 Å². The van der Waals surface area contributed by atoms with Gasteiger partial charge in [-0.15, -0.1) is 0 Å². The van der Waals surface area contributed by atoms with Crippen LogP contribution in [0.1, 0.15) is 25.5 Å². The van der Waals surface area contributed by atoms with Crippen molar-refractivity contribution in [3.63, 3.8) is 0 Å². The summed E-state index contributed by atoms with van der Waals surface area (Å²) in [5.41, 5.74) is 6.62. The molecule has 18 heavy (non-hydrogen) atoms. The number of likely N-dealkylation sites (N-methyl/N-ethyl adjacent to an activating group) is 1. The minimum Gasteiger partial charge on any atom is -0.496 e. The molecule has 1 aromatic rings. The van der Waals surface area contributed by atoms with Crippen molar-refractivity contribution in [2.45, 2.75) is 25.4 Å². The van der Waals surface area contributed by atoms with Crippen molar-refractivity contribution in [2.24, 2.45) is 5.73 Å². The second kappa shape index (κ2) is 6.18. The fourth-order valence-electron chi connectivity index (χ4n) is 1.97. The minimum atomic E-state index is -0.328. The van der Waals surface area contributed by atoms with E-state index in [1.807, 2.05) is 45.2 Å². The Kier molecular flexibility index (Phi) is 5.14. The van der Waals surface area contributed by atoms with Crippen molar-refractivity contribution in [1.82, 2.24) is 4.90 Å². The number of para-hydroxylation sites is 1. The summed E-state index contributed by atoms with van der Waals surface area (Å²) in [6.45, 7) is 4.53. The molecular formula is C14H24N2O2. The molecule has 1 atom stereocenters. The molecule has 4 nitrogen and oxygen atoms in total. The Morgan fingerprint density at radius 1 is 1.39 bits per heavy atom. The van der Waals surface area contributed by atoms with E-state index < -0.39 is 0 Å². The molecular weight excluding hydrogens is 228 g/mol. The van der Waals surface area contributed by atoms with E-state index in [0.717, 1.165) is 11.3 Å². The third-order valence-electron chi connectivity index (χ3n) is 3.53. The van der Waals surface area contributed by atoms with Crippen molar-refractivity contribution < 1.29 is 9.84 Å². The molecule has 1 rings (SSSR count). The van der Waals surface area contributed by atoms with Crippen LogP contribution in [0.15, 0.2) is 24.3 Å². The van der Waals surface area contributed by atoms with Gasteiger partial charge in [0.05, 0.1) is 19.8 Å². The maximum Gasteiger partial charge on any atom is 0.123 e. The first kappa shape index (κ1) is 15.0. The number of aliphatic hydroxyl groups excluding tert-OH is 1. The molecule has 0 radical (unpaired) electrons. The highest BCUT2D eigenvalue weighted by molar-refractivity contribution is 5.36. The highest BCUT2D eigenvalue weighted by atomic mass is 16.5. The standard InChI is InChI=1S/C14H24N2O2/c1-14(2,10-17)16(3)12(9-15)11-7-5-6-8-13(11)18-4/h5-8,12,17H,9-10,15H2,1-4H3. The van der Waals surface area contributed by atoms with Gasteiger partial charge in [0.15, 0.2) is 0 Å². The van der Waals surface area contributed by atoms with Crippen molar-refractivity contribution in [2.75, 3.05) is 27.3 Å². The van der Waals surface area contributed by atoms with Crippen LogP contribution in [0.3, 0.4) is 0 Å². The molecule has 0 saturated carbocycles. The molecule has 0 aliphatic rings. The normalized spacial score (nSPS) is 13.7. The highest BCUT2D eigenvalue weighted by Crippen LogP contribution is 2.31. The molecule has 0 aliphatic carbocycles. The Balaban J connectivity index is 3.10. The molecule has 4 heteroatoms. The van der Waals surface area contributed by atoms with Crippen LogP contribution in [0.4, 0.5) is 0 Å². The number of rotatable bonds is 6. The van der Waals surface area contributed by atoms with Gasteiger partial charge in [0.2, 0.25) is 0 Å². The van der Waals surface area contributed by atoms with Crippen LogP contribution >= 0.6 is 0 Å². The first-order valence-electron chi connectivity index (χ1n) is 6.14. The van der Waals surface area contributed by atoms with Crippen LogP contribution in [-0.2, 0) is 0 Å². The van der Waals surface area contributed by atoms with Gasteiger partial charge < -0.3 is 15.6 Å². The average molecular weight is 252 g/mol. The second-order valence-electron chi connectivity index (χ2n) is 5.07. The number of hydrogen-bond donors (Lipinski definition) is 2. The Hall–Kier alpha value is -1.10. The van der Waals surface area contributed by atoms with E-state index in [1.54, 1.807) is 7.11 Å². The first-order valence-corrected chi connectivity index (χ1v) is 6.14. The summed E-state index contributed by atoms with van der Waals surface area (Å²) >= 11 is 0. The van der Waals surface area contributed by atoms with Gasteiger partial charge in [-0.1, -0.05) is 18.2 Å². The van der Waals surface area contributed by atoms with E-state index >= 15 is 0 Å². The first-order chi connectivity index (χ1) is 8.47. The third-order valence-corrected chi connectivity index (χ3v) is 3.53. The van der Waals surface area contributed by atoms with Crippen molar-refractivity contribution >= 4 is 0 Å². The van der Waals surface area contributed by atoms with E-state index in [4.69, 9.17) is 10.5 Å². The van der Waals surface area contributed by atoms with Crippen LogP contribution in [0.5, 0.6) is 5.75 Å². The molecule has 0 heterocycles. The lowest BCUT2D eigenvalue weighted by Crippen LogP contribution is -2.48. The van der Waals surface area contributed by atoms with Gasteiger partial charge in [-0.05, 0) is 27.0 Å². The number of hydrogen-bond acceptors (Lipinski definition) is 4. The fourth-order valence-corrected chi connectivity index (χ4v) is 1.97. The summed E-state index contributed by atoms with van der Waals surface area (Å²) < 4.78 is 5.38. The Morgan fingerprint density at radius 2 is 2.00 bits per heavy atom. The second-order valence-corrected chi connectivity index (χ2v) is 5.07. The van der Waals surface area contributed by atoms with Gasteiger partial charge in [0, 0.05) is 17.6 Å². The fraction of sp³-hybridized carbons (Fsp3) is 0.571. The SMILES string of the molecule is COc1ccccc1C(CN)N(C)C(C)(C)CO. The number of aliphatic hydroxyl groups is 1. The summed E-state index contributed by atoms with van der Waals surface area (Å²) in [5, 5.41) is 9.47. The smallest absolute Gasteiger partial charge is 0.123 e. The van der Waals surface area contributed by atoms with E-state index in [0.29, 0.717) is 6.54 Å². The van der Waals surface area contributed by atoms with Crippen LogP contribution in [0, 0.1) is 0 Å². The predicted octanol–water partition coefficient (Wildman–Crippen LogP) is 1.40. The lowest BCUT2D eigenvalue weighted by Gasteiger charge is -2.40. The maximum absolute atomic E-state index is 9.47. The monoisotopic (exact) mass is 252 g/mol. The zero-order chi connectivity index (χ0) is 13.8. The topological polar surface area (TPSA) is 58.7 Å². The van der Waals surface area contributed by atoms with E-state index in [1.165, 1.54) is 0 Å². The number of nitrogens with two attached hydrogens (primary N) is 1. The van der Waals surface area contributed by atoms with Crippen molar-refractivity contribution in [3.05, 3.63) is 29.8 Å². The minimum absolute atomic E-state index is 0.0169. The highest BCUT2D eigenvalue weighted by Gasteiger charge is 2.30. The zero-order valence-corrected chi connectivity index (χ0v) is 11.7. The summed E-state index contributed by atoms with van der Waals surface area (Å²) in [6, 6.07) is 7.87. The molecule has 0 fully saturated rings. The summed E-state index contributed by atoms with van der Waals surface area (Å²) in [5.74, 6) is 0.827. The lowest BCUT2D eigenvalue weighted by molar-refractivity contribution is 0.0462. The number of benzene rings is 1. The van der Waals surface area contributed by atoms with Crippen LogP contribution in [-0.4, -0.2) is 42.9 Å². The number of nitrogens with zero attached hydrogens (tertiary/aromatic N) is 1. The number of methoxy groups -OCH3 is 1. The summed E-state index contributed by atoms with van der Waals surface area (Å²) in [7, 11) is 3.63. The average Bonchev–Trinajstić information content (AvgIpc) is 2.40. The van der Waals surface area contributed by atoms with E-state index in [9.17, 15) is 5.11 Å². The Morgan fingerprint density at radius 3 is 2.50 bits per heavy atom. The zero-order valence-electron chi connectivity index (χ0n) is 11.7. The molecule has 1 unspecified atom stereocenters. The van der Waals surface area contributed by atoms with Gasteiger partial charge in [-0.2, -0.15) is 0 Å². The van der Waals surface area contributed by atoms with Gasteiger partial charge in [-0.3, -0.25) is 4.90 Å². The van der Waals surface area contributed by atoms with Crippen LogP contribution in [0.2, 0.25) is 0 Å². The Labute approximate surface area is 109 Å². The van der Waals surface area contributed by atoms with Crippen LogP contribution in [0.25, 0.3) is 0 Å². The van der Waals surface area contributed by atoms with Crippen molar-refractivity contribution in [3.8, 4) is 5.75 Å². The molecule has 0 bridgehead atoms. The summed E-state index contributed by atoms with van der Waals surface area (Å²) in [6.07, 6.45) is 0. The van der Waals surface area contributed by atoms with Crippen molar-refractivity contribution in [1.29, 1.82) is 0 Å². The molecule has 0 amide bonds. The third kappa shape index (κ3) is 3.02. The summed E-state index contributed by atoms with van der Waals surface area (Å²) in [4.78, 5) is 2.09. The molecule has 1 aromatic carbocycles. The molecule has 102 valence electrons. The van der Waals surface area contributed by atoms with E-state index in [-0.39, 0.29) is 18.2 Å². The molecule has 0 aromatic heterocycles. The predicted molar refractivity (Wildman–Crippen MR) is 73.7 cm³/mol. The van der Waals surface area contributed by atoms with Gasteiger partial charge in [0.25, 0.3) is 0 Å². The number of ether oxygens (including phenoxy) is 1. The largest absolute Gasteiger partial charge is 0.496 e. The lowest BCUT2D eigenvalue weighted by atomic mass is 9.97. The molecule has 0 spiro atoms. The maximum atomic E-state index is 9.47. The quantitative estimate of drug-likeness (QED) is 0.803. The van der Waals surface area contributed by atoms with Crippen LogP contribution < -0.4 is 10.5 Å². The molecule has 0 aliphatic heterocycles. The van der Waals surface area contributed by atoms with Gasteiger partial charge >= 0.3 is 0 Å². The van der Waals surface area contributed by atoms with Gasteiger partial charge in [0.1, 0.15) is 5.75 Å². The van der Waals surface area contributed by atoms with E-state index in [2.05, 4.69) is 4.90 Å². The molecule has 3 N–H and O–H groups in total. The Bertz CT molecular complexity index is 380. The molecule has 0 saturated heterocycles.